The van der Waals surface area contributed by atoms with Crippen molar-refractivity contribution in [2.45, 2.75) is 13.3 Å². The van der Waals surface area contributed by atoms with Crippen molar-refractivity contribution in [3.05, 3.63) is 36.0 Å². The fourth-order valence-electron chi connectivity index (χ4n) is 0.957. The summed E-state index contributed by atoms with van der Waals surface area (Å²) in [6, 6.07) is 0. The minimum absolute atomic E-state index is 0.352. The Labute approximate surface area is 96.8 Å². The third-order valence-corrected chi connectivity index (χ3v) is 2.19. The molecule has 0 aromatic heterocycles. The Bertz CT molecular complexity index is 314. The lowest BCUT2D eigenvalue weighted by molar-refractivity contribution is 0.528. The molecule has 0 heterocycles. The van der Waals surface area contributed by atoms with Crippen LogP contribution in [0.15, 0.2) is 40.9 Å². The second kappa shape index (κ2) is 7.68. The highest BCUT2D eigenvalue weighted by atomic mass is 19.1. The highest BCUT2D eigenvalue weighted by Crippen LogP contribution is 2.07. The third-order valence-electron chi connectivity index (χ3n) is 2.19. The van der Waals surface area contributed by atoms with Crippen LogP contribution in [-0.4, -0.2) is 31.8 Å². The summed E-state index contributed by atoms with van der Waals surface area (Å²) in [7, 11) is 3.75. The molecule has 0 saturated heterocycles. The van der Waals surface area contributed by atoms with E-state index in [4.69, 9.17) is 5.73 Å². The van der Waals surface area contributed by atoms with Crippen LogP contribution in [0.3, 0.4) is 0 Å². The van der Waals surface area contributed by atoms with Gasteiger partial charge in [0.25, 0.3) is 0 Å². The molecule has 16 heavy (non-hydrogen) atoms. The van der Waals surface area contributed by atoms with Crippen molar-refractivity contribution < 1.29 is 4.39 Å². The van der Waals surface area contributed by atoms with E-state index in [2.05, 4.69) is 11.6 Å². The summed E-state index contributed by atoms with van der Waals surface area (Å²) in [6.45, 7) is 6.10. The molecule has 0 rings (SSSR count). The number of aliphatic imine (C=N–C) groups is 1. The maximum atomic E-state index is 12.3. The van der Waals surface area contributed by atoms with E-state index in [1.807, 2.05) is 25.9 Å². The second-order valence-corrected chi connectivity index (χ2v) is 3.55. The van der Waals surface area contributed by atoms with Crippen LogP contribution in [0.2, 0.25) is 0 Å². The molecule has 0 amide bonds. The molecule has 0 bridgehead atoms. The molecule has 0 spiro atoms. The van der Waals surface area contributed by atoms with Gasteiger partial charge in [0.05, 0.1) is 12.9 Å². The molecule has 0 aliphatic carbocycles. The Kier molecular flexibility index (Phi) is 6.92. The topological polar surface area (TPSA) is 41.6 Å². The first-order valence-electron chi connectivity index (χ1n) is 5.13. The Hall–Kier alpha value is -1.58. The van der Waals surface area contributed by atoms with Crippen LogP contribution in [0.4, 0.5) is 4.39 Å². The van der Waals surface area contributed by atoms with Crippen LogP contribution >= 0.6 is 0 Å². The molecule has 90 valence electrons. The van der Waals surface area contributed by atoms with Crippen molar-refractivity contribution in [2.75, 3.05) is 20.6 Å². The summed E-state index contributed by atoms with van der Waals surface area (Å²) in [5, 5.41) is 0. The molecule has 0 fully saturated rings. The number of halogens is 1. The molecular weight excluding hydrogens is 205 g/mol. The van der Waals surface area contributed by atoms with E-state index in [1.54, 1.807) is 6.21 Å². The summed E-state index contributed by atoms with van der Waals surface area (Å²) in [5.74, 6) is 0. The SMILES string of the molecule is C=C(C(C=NC/C(=C/F)CC)=CN)N(C)C. The van der Waals surface area contributed by atoms with Crippen molar-refractivity contribution in [2.24, 2.45) is 10.7 Å². The van der Waals surface area contributed by atoms with Gasteiger partial charge in [0, 0.05) is 37.8 Å². The third kappa shape index (κ3) is 4.77. The number of hydrogen-bond donors (Lipinski definition) is 1. The van der Waals surface area contributed by atoms with E-state index in [0.29, 0.717) is 24.9 Å². The van der Waals surface area contributed by atoms with Gasteiger partial charge < -0.3 is 10.6 Å². The number of allylic oxidation sites excluding steroid dienone is 1. The molecule has 0 saturated carbocycles. The Morgan fingerprint density at radius 3 is 2.50 bits per heavy atom. The van der Waals surface area contributed by atoms with E-state index >= 15 is 0 Å². The van der Waals surface area contributed by atoms with Gasteiger partial charge in [0.1, 0.15) is 0 Å². The fraction of sp³-hybridized carbons (Fsp3) is 0.417. The predicted molar refractivity (Wildman–Crippen MR) is 67.9 cm³/mol. The van der Waals surface area contributed by atoms with Crippen LogP contribution in [0, 0.1) is 0 Å². The summed E-state index contributed by atoms with van der Waals surface area (Å²) < 4.78 is 12.3. The maximum absolute atomic E-state index is 12.3. The zero-order valence-electron chi connectivity index (χ0n) is 10.2. The number of nitrogens with zero attached hydrogens (tertiary/aromatic N) is 2. The molecule has 3 nitrogen and oxygen atoms in total. The molecule has 0 aliphatic rings. The van der Waals surface area contributed by atoms with Gasteiger partial charge in [0.15, 0.2) is 0 Å². The maximum Gasteiger partial charge on any atom is 0.0877 e. The van der Waals surface area contributed by atoms with Crippen molar-refractivity contribution in [3.8, 4) is 0 Å². The van der Waals surface area contributed by atoms with Gasteiger partial charge in [-0.2, -0.15) is 0 Å². The van der Waals surface area contributed by atoms with Crippen molar-refractivity contribution >= 4 is 6.21 Å². The normalized spacial score (nSPS) is 13.2. The largest absolute Gasteiger partial charge is 0.404 e. The minimum atomic E-state index is 0.352. The molecule has 0 unspecified atom stereocenters. The number of rotatable bonds is 6. The second-order valence-electron chi connectivity index (χ2n) is 3.55. The van der Waals surface area contributed by atoms with Gasteiger partial charge in [-0.1, -0.05) is 13.5 Å². The van der Waals surface area contributed by atoms with Crippen LogP contribution in [0.5, 0.6) is 0 Å². The minimum Gasteiger partial charge on any atom is -0.404 e. The van der Waals surface area contributed by atoms with Gasteiger partial charge >= 0.3 is 0 Å². The molecular formula is C12H20FN3. The van der Waals surface area contributed by atoms with Crippen molar-refractivity contribution in [1.29, 1.82) is 0 Å². The van der Waals surface area contributed by atoms with Gasteiger partial charge in [-0.3, -0.25) is 4.99 Å². The Morgan fingerprint density at radius 1 is 1.50 bits per heavy atom. The first-order valence-corrected chi connectivity index (χ1v) is 5.13. The van der Waals surface area contributed by atoms with E-state index in [-0.39, 0.29) is 0 Å². The van der Waals surface area contributed by atoms with E-state index < -0.39 is 0 Å². The molecule has 0 radical (unpaired) electrons. The number of likely N-dealkylation sites (N-methyl/N-ethyl adjacent to an activating group) is 1. The lowest BCUT2D eigenvalue weighted by atomic mass is 10.2. The number of hydrogen-bond acceptors (Lipinski definition) is 3. The first-order chi connectivity index (χ1) is 7.56. The highest BCUT2D eigenvalue weighted by molar-refractivity contribution is 5.83. The monoisotopic (exact) mass is 225 g/mol. The van der Waals surface area contributed by atoms with Gasteiger partial charge in [0.2, 0.25) is 0 Å². The lowest BCUT2D eigenvalue weighted by Gasteiger charge is -2.15. The van der Waals surface area contributed by atoms with Gasteiger partial charge in [-0.25, -0.2) is 4.39 Å². The van der Waals surface area contributed by atoms with Crippen LogP contribution < -0.4 is 5.73 Å². The zero-order chi connectivity index (χ0) is 12.6. The van der Waals surface area contributed by atoms with E-state index in [1.165, 1.54) is 6.20 Å². The summed E-state index contributed by atoms with van der Waals surface area (Å²) >= 11 is 0. The Morgan fingerprint density at radius 2 is 2.12 bits per heavy atom. The van der Waals surface area contributed by atoms with E-state index in [9.17, 15) is 4.39 Å². The van der Waals surface area contributed by atoms with Crippen molar-refractivity contribution in [3.63, 3.8) is 0 Å². The standard InChI is InChI=1S/C12H20FN3/c1-5-11(6-13)8-15-9-12(7-14)10(2)16(3)4/h6-7,9H,2,5,8,14H2,1,3-4H3/b11-6+,12-7?,15-9?. The summed E-state index contributed by atoms with van der Waals surface area (Å²) in [6.07, 6.45) is 4.31. The molecule has 4 heteroatoms. The lowest BCUT2D eigenvalue weighted by Crippen LogP contribution is -2.13. The van der Waals surface area contributed by atoms with Gasteiger partial charge in [-0.05, 0) is 12.0 Å². The fourth-order valence-corrected chi connectivity index (χ4v) is 0.957. The first kappa shape index (κ1) is 14.4. The molecule has 0 aromatic carbocycles. The van der Waals surface area contributed by atoms with E-state index in [0.717, 1.165) is 11.3 Å². The predicted octanol–water partition coefficient (Wildman–Crippen LogP) is 2.24. The number of nitrogens with two attached hydrogens (primary N) is 1. The van der Waals surface area contributed by atoms with Crippen LogP contribution in [-0.2, 0) is 0 Å². The van der Waals surface area contributed by atoms with Crippen molar-refractivity contribution in [1.82, 2.24) is 4.90 Å². The van der Waals surface area contributed by atoms with Crippen LogP contribution in [0.25, 0.3) is 0 Å². The average molecular weight is 225 g/mol. The van der Waals surface area contributed by atoms with Crippen LogP contribution in [0.1, 0.15) is 13.3 Å². The molecule has 0 aromatic rings. The quantitative estimate of drug-likeness (QED) is 0.556. The highest BCUT2D eigenvalue weighted by Gasteiger charge is 2.01. The van der Waals surface area contributed by atoms with Gasteiger partial charge in [-0.15, -0.1) is 0 Å². The average Bonchev–Trinajstić information content (AvgIpc) is 2.28. The summed E-state index contributed by atoms with van der Waals surface area (Å²) in [5.41, 5.74) is 7.63. The summed E-state index contributed by atoms with van der Waals surface area (Å²) in [4.78, 5) is 5.96. The molecule has 2 N–H and O–H groups in total. The smallest absolute Gasteiger partial charge is 0.0877 e. The Balaban J connectivity index is 4.47. The molecule has 0 aliphatic heterocycles. The zero-order valence-corrected chi connectivity index (χ0v) is 10.2. The molecule has 0 atom stereocenters.